The van der Waals surface area contributed by atoms with Crippen molar-refractivity contribution in [2.45, 2.75) is 18.7 Å². The largest absolute Gasteiger partial charge is 0.588 e. The van der Waals surface area contributed by atoms with Gasteiger partial charge in [0.05, 0.1) is 0 Å². The lowest BCUT2D eigenvalue weighted by atomic mass is 10.1. The molecule has 0 aliphatic heterocycles. The van der Waals surface area contributed by atoms with Crippen LogP contribution in [0.4, 0.5) is 0 Å². The third kappa shape index (κ3) is 4.03. The Hall–Kier alpha value is -2.73. The van der Waals surface area contributed by atoms with Crippen LogP contribution in [-0.2, 0) is 11.4 Å². The summed E-state index contributed by atoms with van der Waals surface area (Å²) in [6.07, 6.45) is 0. The van der Waals surface area contributed by atoms with Crippen molar-refractivity contribution in [2.24, 2.45) is 0 Å². The molecule has 0 aliphatic rings. The predicted molar refractivity (Wildman–Crippen MR) is 116 cm³/mol. The topological polar surface area (TPSA) is 65.3 Å². The molecular formula is C23H18ClNO3S. The average molecular weight is 424 g/mol. The van der Waals surface area contributed by atoms with Crippen molar-refractivity contribution in [3.8, 4) is 11.1 Å². The summed E-state index contributed by atoms with van der Waals surface area (Å²) < 4.78 is 21.2. The molecule has 6 heteroatoms. The number of aryl methyl sites for hydroxylation is 2. The van der Waals surface area contributed by atoms with E-state index in [0.717, 1.165) is 27.6 Å². The van der Waals surface area contributed by atoms with Crippen molar-refractivity contribution in [1.82, 2.24) is 4.72 Å². The summed E-state index contributed by atoms with van der Waals surface area (Å²) >= 11 is 4.33. The Morgan fingerprint density at radius 2 is 1.83 bits per heavy atom. The Balaban J connectivity index is 1.63. The first-order chi connectivity index (χ1) is 13.9. The number of furan rings is 1. The van der Waals surface area contributed by atoms with E-state index in [1.807, 2.05) is 50.2 Å². The van der Waals surface area contributed by atoms with Crippen molar-refractivity contribution < 1.29 is 13.8 Å². The molecule has 0 radical (unpaired) electrons. The monoisotopic (exact) mass is 423 g/mol. The van der Waals surface area contributed by atoms with E-state index in [2.05, 4.69) is 4.72 Å². The molecule has 4 nitrogen and oxygen atoms in total. The number of hydrogen-bond acceptors (Lipinski definition) is 3. The fourth-order valence-corrected chi connectivity index (χ4v) is 4.47. The highest BCUT2D eigenvalue weighted by Gasteiger charge is 2.23. The van der Waals surface area contributed by atoms with Crippen LogP contribution in [0.25, 0.3) is 22.1 Å². The second-order valence-corrected chi connectivity index (χ2v) is 8.43. The maximum atomic E-state index is 12.9. The van der Waals surface area contributed by atoms with Crippen LogP contribution >= 0.6 is 11.6 Å². The lowest BCUT2D eigenvalue weighted by molar-refractivity contribution is 0.0956. The van der Waals surface area contributed by atoms with E-state index < -0.39 is 17.3 Å². The molecule has 29 heavy (non-hydrogen) atoms. The van der Waals surface area contributed by atoms with Gasteiger partial charge in [-0.3, -0.25) is 4.79 Å². The van der Waals surface area contributed by atoms with E-state index >= 15 is 0 Å². The fourth-order valence-electron chi connectivity index (χ4n) is 3.31. The molecular weight excluding hydrogens is 406 g/mol. The Kier molecular flexibility index (Phi) is 5.37. The Morgan fingerprint density at radius 3 is 2.62 bits per heavy atom. The first-order valence-corrected chi connectivity index (χ1v) is 10.5. The van der Waals surface area contributed by atoms with Crippen LogP contribution in [0.15, 0.2) is 76.0 Å². The van der Waals surface area contributed by atoms with Gasteiger partial charge in [0.1, 0.15) is 16.9 Å². The van der Waals surface area contributed by atoms with Crippen LogP contribution in [0.5, 0.6) is 0 Å². The summed E-state index contributed by atoms with van der Waals surface area (Å²) in [6.45, 7) is 3.93. The third-order valence-corrected chi connectivity index (χ3v) is 5.98. The molecule has 0 spiro atoms. The molecule has 0 bridgehead atoms. The van der Waals surface area contributed by atoms with E-state index in [0.29, 0.717) is 15.5 Å². The number of halogens is 1. The van der Waals surface area contributed by atoms with E-state index in [9.17, 15) is 9.35 Å². The number of carbonyl (C=O) groups excluding carboxylic acids is 1. The Labute approximate surface area is 176 Å². The highest BCUT2D eigenvalue weighted by atomic mass is 35.5. The second-order valence-electron chi connectivity index (χ2n) is 6.81. The van der Waals surface area contributed by atoms with Crippen LogP contribution in [0, 0.1) is 13.8 Å². The number of benzene rings is 3. The Bertz CT molecular complexity index is 1220. The molecule has 1 amide bonds. The summed E-state index contributed by atoms with van der Waals surface area (Å²) in [6, 6.07) is 20.1. The van der Waals surface area contributed by atoms with E-state index in [1.165, 1.54) is 0 Å². The van der Waals surface area contributed by atoms with Gasteiger partial charge < -0.3 is 8.97 Å². The minimum atomic E-state index is -1.77. The average Bonchev–Trinajstić information content (AvgIpc) is 3.12. The van der Waals surface area contributed by atoms with Gasteiger partial charge in [-0.1, -0.05) is 41.9 Å². The van der Waals surface area contributed by atoms with E-state index in [4.69, 9.17) is 16.0 Å². The molecule has 0 fully saturated rings. The normalized spacial score (nSPS) is 12.1. The Morgan fingerprint density at radius 1 is 1.03 bits per heavy atom. The number of amides is 1. The zero-order valence-electron chi connectivity index (χ0n) is 15.9. The highest BCUT2D eigenvalue weighted by molar-refractivity contribution is 7.90. The number of nitrogens with one attached hydrogen (secondary N) is 1. The van der Waals surface area contributed by atoms with Gasteiger partial charge in [0.25, 0.3) is 0 Å². The summed E-state index contributed by atoms with van der Waals surface area (Å²) in [5.74, 6) is -0.403. The molecule has 0 aliphatic carbocycles. The van der Waals surface area contributed by atoms with Gasteiger partial charge in [0.15, 0.2) is 10.7 Å². The van der Waals surface area contributed by atoms with Crippen molar-refractivity contribution in [3.05, 3.63) is 88.6 Å². The highest BCUT2D eigenvalue weighted by Crippen LogP contribution is 2.29. The zero-order chi connectivity index (χ0) is 20.5. The standard InChI is InChI=1S/C23H18ClNO3S/c1-14-10-15(2)19-13-21(28-20(19)11-14)23(26)25-29(27)22-9-4-3-8-18(22)16-6-5-7-17(24)12-16/h3-13H,1-2H3,(H,25,26). The maximum Gasteiger partial charge on any atom is 0.328 e. The van der Waals surface area contributed by atoms with Crippen molar-refractivity contribution in [2.75, 3.05) is 0 Å². The summed E-state index contributed by atoms with van der Waals surface area (Å²) in [5.41, 5.74) is 4.28. The minimum Gasteiger partial charge on any atom is -0.588 e. The van der Waals surface area contributed by atoms with Gasteiger partial charge in [-0.15, -0.1) is 0 Å². The van der Waals surface area contributed by atoms with Gasteiger partial charge in [-0.2, -0.15) is 4.72 Å². The summed E-state index contributed by atoms with van der Waals surface area (Å²) in [5, 5.41) is 1.45. The second kappa shape index (κ2) is 7.95. The third-order valence-electron chi connectivity index (χ3n) is 4.62. The number of carbonyl (C=O) groups is 1. The molecule has 0 saturated heterocycles. The van der Waals surface area contributed by atoms with Crippen molar-refractivity contribution >= 4 is 39.8 Å². The first-order valence-electron chi connectivity index (χ1n) is 9.01. The van der Waals surface area contributed by atoms with Crippen molar-refractivity contribution in [1.29, 1.82) is 0 Å². The molecule has 1 unspecified atom stereocenters. The van der Waals surface area contributed by atoms with Gasteiger partial charge >= 0.3 is 5.91 Å². The minimum absolute atomic E-state index is 0.127. The molecule has 146 valence electrons. The molecule has 0 saturated carbocycles. The van der Waals surface area contributed by atoms with Gasteiger partial charge in [0.2, 0.25) is 0 Å². The SMILES string of the molecule is Cc1cc(C)c2cc(C(=O)N[S+]([O-])c3ccccc3-c3cccc(Cl)c3)oc2c1. The molecule has 1 heterocycles. The number of hydrogen-bond donors (Lipinski definition) is 1. The van der Waals surface area contributed by atoms with E-state index in [1.54, 1.807) is 30.3 Å². The van der Waals surface area contributed by atoms with Gasteiger partial charge in [-0.05, 0) is 66.9 Å². The maximum absolute atomic E-state index is 12.9. The quantitative estimate of drug-likeness (QED) is 0.420. The van der Waals surface area contributed by atoms with E-state index in [-0.39, 0.29) is 5.76 Å². The molecule has 3 aromatic carbocycles. The van der Waals surface area contributed by atoms with Crippen LogP contribution < -0.4 is 4.72 Å². The van der Waals surface area contributed by atoms with Crippen molar-refractivity contribution in [3.63, 3.8) is 0 Å². The van der Waals surface area contributed by atoms with Crippen LogP contribution in [0.3, 0.4) is 0 Å². The molecule has 4 rings (SSSR count). The first kappa shape index (κ1) is 19.6. The van der Waals surface area contributed by atoms with Crippen LogP contribution in [-0.4, -0.2) is 10.5 Å². The zero-order valence-corrected chi connectivity index (χ0v) is 17.4. The summed E-state index contributed by atoms with van der Waals surface area (Å²) in [4.78, 5) is 13.2. The van der Waals surface area contributed by atoms with Crippen LogP contribution in [0.1, 0.15) is 21.7 Å². The summed E-state index contributed by atoms with van der Waals surface area (Å²) in [7, 11) is 0. The van der Waals surface area contributed by atoms with Crippen LogP contribution in [0.2, 0.25) is 5.02 Å². The van der Waals surface area contributed by atoms with Gasteiger partial charge in [0, 0.05) is 16.0 Å². The van der Waals surface area contributed by atoms with Gasteiger partial charge in [-0.25, -0.2) is 0 Å². The molecule has 4 aromatic rings. The fraction of sp³-hybridized carbons (Fsp3) is 0.0870. The molecule has 1 N–H and O–H groups in total. The number of fused-ring (bicyclic) bond motifs is 1. The molecule has 1 atom stereocenters. The number of rotatable bonds is 4. The molecule has 1 aromatic heterocycles. The lowest BCUT2D eigenvalue weighted by Gasteiger charge is -2.13. The smallest absolute Gasteiger partial charge is 0.328 e. The predicted octanol–water partition coefficient (Wildman–Crippen LogP) is 5.82. The lowest BCUT2D eigenvalue weighted by Crippen LogP contribution is -2.30.